The highest BCUT2D eigenvalue weighted by atomic mass is 32.2. The summed E-state index contributed by atoms with van der Waals surface area (Å²) in [6, 6.07) is 23.1. The van der Waals surface area contributed by atoms with E-state index in [9.17, 15) is 18.3 Å². The fourth-order valence-electron chi connectivity index (χ4n) is 3.88. The van der Waals surface area contributed by atoms with Gasteiger partial charge in [-0.3, -0.25) is 20.6 Å². The third-order valence-electron chi connectivity index (χ3n) is 5.87. The number of carboxylic acid groups (broad SMARTS) is 1. The molecule has 0 atom stereocenters. The van der Waals surface area contributed by atoms with E-state index in [1.807, 2.05) is 6.07 Å². The third kappa shape index (κ3) is 8.83. The average molecular weight is 584 g/mol. The van der Waals surface area contributed by atoms with Gasteiger partial charge in [-0.25, -0.2) is 8.42 Å². The van der Waals surface area contributed by atoms with E-state index in [0.29, 0.717) is 10.6 Å². The van der Waals surface area contributed by atoms with Crippen LogP contribution >= 0.6 is 12.0 Å². The molecule has 210 valence electrons. The molecule has 3 aromatic carbocycles. The number of hydrogen-bond acceptors (Lipinski definition) is 9. The topological polar surface area (TPSA) is 145 Å². The van der Waals surface area contributed by atoms with Crippen LogP contribution in [0.4, 0.5) is 0 Å². The van der Waals surface area contributed by atoms with E-state index in [1.165, 1.54) is 48.2 Å². The second-order valence-corrected chi connectivity index (χ2v) is 11.7. The molecule has 0 radical (unpaired) electrons. The summed E-state index contributed by atoms with van der Waals surface area (Å²) in [7, 11) is -3.88. The van der Waals surface area contributed by atoms with Gasteiger partial charge in [-0.1, -0.05) is 18.2 Å². The number of amidine groups is 2. The Balaban J connectivity index is 0.000000188. The molecule has 40 heavy (non-hydrogen) atoms. The fourth-order valence-corrected chi connectivity index (χ4v) is 5.35. The molecule has 4 N–H and O–H groups in total. The Bertz CT molecular complexity index is 1380. The molecule has 10 nitrogen and oxygen atoms in total. The highest BCUT2D eigenvalue weighted by molar-refractivity contribution is 7.94. The first-order valence-electron chi connectivity index (χ1n) is 12.8. The van der Waals surface area contributed by atoms with Gasteiger partial charge in [0.15, 0.2) is 15.6 Å². The molecule has 2 aliphatic heterocycles. The largest absolute Gasteiger partial charge is 0.549 e. The molecule has 12 heteroatoms. The molecule has 0 unspecified atom stereocenters. The monoisotopic (exact) mass is 583 g/mol. The van der Waals surface area contributed by atoms with E-state index in [2.05, 4.69) is 44.9 Å². The number of carboxylic acids is 1. The normalized spacial score (nSPS) is 14.8. The Kier molecular flexibility index (Phi) is 10.6. The number of carbonyl (C=O) groups excluding carboxylic acids is 1. The molecule has 0 aromatic heterocycles. The van der Waals surface area contributed by atoms with Crippen molar-refractivity contribution in [1.29, 1.82) is 0 Å². The maximum Gasteiger partial charge on any atom is 0.274 e. The minimum absolute atomic E-state index is 0.0926. The van der Waals surface area contributed by atoms with Crippen LogP contribution in [0.3, 0.4) is 0 Å². The van der Waals surface area contributed by atoms with Gasteiger partial charge < -0.3 is 14.8 Å². The standard InChI is InChI=1S/C14H18N4.C14H12O6S2/c1-7-15-13(16-8-1)11-3-5-12(6-4-11)14-17-9-2-10-18-14;15-14(16)10-22(17,18)13-8-6-12(7-9-13)21-20-19-11-4-2-1-3-5-11/h3-6H,1-2,7-10H2,(H,15,16)(H,17,18);1-9H,10H2,(H,15,16)/p+1. The van der Waals surface area contributed by atoms with Gasteiger partial charge in [-0.2, -0.15) is 0 Å². The van der Waals surface area contributed by atoms with Crippen molar-refractivity contribution in [3.05, 3.63) is 90.0 Å². The quantitative estimate of drug-likeness (QED) is 0.135. The number of sulfone groups is 1. The van der Waals surface area contributed by atoms with Crippen LogP contribution in [-0.4, -0.2) is 58.0 Å². The van der Waals surface area contributed by atoms with Crippen molar-refractivity contribution >= 4 is 39.5 Å². The van der Waals surface area contributed by atoms with Crippen LogP contribution < -0.4 is 30.6 Å². The van der Waals surface area contributed by atoms with Crippen LogP contribution in [0.1, 0.15) is 24.0 Å². The summed E-state index contributed by atoms with van der Waals surface area (Å²) < 4.78 is 28.3. The number of benzene rings is 3. The number of rotatable bonds is 9. The first-order chi connectivity index (χ1) is 19.4. The summed E-state index contributed by atoms with van der Waals surface area (Å²) in [5, 5.41) is 17.2. The Hall–Kier alpha value is -3.87. The Morgan fingerprint density at radius 3 is 1.85 bits per heavy atom. The van der Waals surface area contributed by atoms with Gasteiger partial charge in [-0.15, -0.1) is 4.33 Å². The van der Waals surface area contributed by atoms with E-state index >= 15 is 0 Å². The number of para-hydroxylation sites is 1. The Labute approximate surface area is 237 Å². The van der Waals surface area contributed by atoms with E-state index < -0.39 is 21.6 Å². The van der Waals surface area contributed by atoms with Gasteiger partial charge in [0.05, 0.1) is 66.0 Å². The molecule has 0 spiro atoms. The lowest BCUT2D eigenvalue weighted by Gasteiger charge is -2.10. The van der Waals surface area contributed by atoms with E-state index in [-0.39, 0.29) is 4.90 Å². The van der Waals surface area contributed by atoms with Crippen LogP contribution in [-0.2, 0) is 19.0 Å². The molecule has 5 rings (SSSR count). The molecule has 0 fully saturated rings. The molecule has 2 heterocycles. The third-order valence-corrected chi connectivity index (χ3v) is 8.08. The molecule has 2 aliphatic rings. The molecule has 0 aliphatic carbocycles. The van der Waals surface area contributed by atoms with Crippen LogP contribution in [0.2, 0.25) is 0 Å². The highest BCUT2D eigenvalue weighted by Crippen LogP contribution is 2.23. The van der Waals surface area contributed by atoms with Crippen molar-refractivity contribution < 1.29 is 37.5 Å². The van der Waals surface area contributed by atoms with Gasteiger partial charge >= 0.3 is 0 Å². The molecule has 0 saturated heterocycles. The van der Waals surface area contributed by atoms with E-state index in [1.54, 1.807) is 24.3 Å². The maximum absolute atomic E-state index is 11.7. The number of carbonyl (C=O) groups is 1. The van der Waals surface area contributed by atoms with Crippen LogP contribution in [0.25, 0.3) is 0 Å². The lowest BCUT2D eigenvalue weighted by atomic mass is 10.1. The summed E-state index contributed by atoms with van der Waals surface area (Å²) >= 11 is 0.903. The molecule has 0 bridgehead atoms. The fraction of sp³-hybridized carbons (Fsp3) is 0.250. The lowest BCUT2D eigenvalue weighted by Crippen LogP contribution is -2.79. The van der Waals surface area contributed by atoms with Gasteiger partial charge in [0, 0.05) is 17.7 Å². The minimum Gasteiger partial charge on any atom is -0.549 e. The summed E-state index contributed by atoms with van der Waals surface area (Å²) in [6.07, 6.45) is 2.38. The molecular weight excluding hydrogens is 552 g/mol. The predicted molar refractivity (Wildman–Crippen MR) is 149 cm³/mol. The Morgan fingerprint density at radius 1 is 0.825 bits per heavy atom. The van der Waals surface area contributed by atoms with Crippen LogP contribution in [0.15, 0.2) is 88.7 Å². The second-order valence-electron chi connectivity index (χ2n) is 8.89. The van der Waals surface area contributed by atoms with E-state index in [0.717, 1.165) is 49.9 Å². The SMILES string of the molecule is O=C([O-])CS(=O)(=O)c1ccc(SOOc2ccccc2)cc1.c1cc(C2=[NH+]CCCN2)ccc1C1=[NH+]CCCN1. The van der Waals surface area contributed by atoms with Gasteiger partial charge in [0.1, 0.15) is 0 Å². The van der Waals surface area contributed by atoms with Crippen LogP contribution in [0, 0.1) is 0 Å². The zero-order valence-corrected chi connectivity index (χ0v) is 23.4. The van der Waals surface area contributed by atoms with Crippen molar-refractivity contribution in [3.8, 4) is 5.75 Å². The molecule has 0 saturated carbocycles. The van der Waals surface area contributed by atoms with Crippen molar-refractivity contribution in [2.24, 2.45) is 0 Å². The highest BCUT2D eigenvalue weighted by Gasteiger charge is 2.17. The molecular formula is C28H31N4O6S2+. The van der Waals surface area contributed by atoms with Gasteiger partial charge in [0.2, 0.25) is 0 Å². The summed E-state index contributed by atoms with van der Waals surface area (Å²) in [4.78, 5) is 22.7. The zero-order chi connectivity index (χ0) is 28.2. The minimum atomic E-state index is -3.88. The number of aliphatic carboxylic acids is 1. The first-order valence-corrected chi connectivity index (χ1v) is 15.2. The number of hydrogen-bond donors (Lipinski definition) is 4. The van der Waals surface area contributed by atoms with Crippen LogP contribution in [0.5, 0.6) is 5.75 Å². The average Bonchev–Trinajstić information content (AvgIpc) is 2.99. The Morgan fingerprint density at radius 2 is 1.38 bits per heavy atom. The van der Waals surface area contributed by atoms with E-state index in [4.69, 9.17) is 9.22 Å². The first kappa shape index (κ1) is 29.1. The lowest BCUT2D eigenvalue weighted by molar-refractivity contribution is -0.464. The smallest absolute Gasteiger partial charge is 0.274 e. The molecule has 0 amide bonds. The van der Waals surface area contributed by atoms with Crippen molar-refractivity contribution in [1.82, 2.24) is 10.6 Å². The predicted octanol–water partition coefficient (Wildman–Crippen LogP) is -1.44. The van der Waals surface area contributed by atoms with Gasteiger partial charge in [-0.05, 0) is 60.7 Å². The van der Waals surface area contributed by atoms with Crippen molar-refractivity contribution in [2.75, 3.05) is 31.9 Å². The maximum atomic E-state index is 11.7. The summed E-state index contributed by atoms with van der Waals surface area (Å²) in [5.74, 6) is 0.151. The van der Waals surface area contributed by atoms with Crippen molar-refractivity contribution in [3.63, 3.8) is 0 Å². The molecule has 3 aromatic rings. The van der Waals surface area contributed by atoms with Crippen molar-refractivity contribution in [2.45, 2.75) is 22.6 Å². The second kappa shape index (κ2) is 14.5. The zero-order valence-electron chi connectivity index (χ0n) is 21.7. The summed E-state index contributed by atoms with van der Waals surface area (Å²) in [5.41, 5.74) is 2.46. The number of nitrogens with one attached hydrogen (secondary N) is 4. The van der Waals surface area contributed by atoms with Gasteiger partial charge in [0.25, 0.3) is 11.7 Å². The summed E-state index contributed by atoms with van der Waals surface area (Å²) in [6.45, 7) is 4.24.